The molecular weight excluding hydrogens is 1220 g/mol. The fourth-order valence-corrected chi connectivity index (χ4v) is 12.9. The van der Waals surface area contributed by atoms with E-state index in [1.54, 1.807) is 65.5 Å². The highest BCUT2D eigenvalue weighted by atomic mass is 16.6. The highest BCUT2D eigenvalue weighted by molar-refractivity contribution is 6.00. The summed E-state index contributed by atoms with van der Waals surface area (Å²) in [5, 5.41) is 23.4. The molecule has 0 bridgehead atoms. The maximum atomic E-state index is 15.4. The molecule has 14 atom stereocenters. The van der Waals surface area contributed by atoms with Crippen molar-refractivity contribution in [1.29, 1.82) is 0 Å². The Hall–Kier alpha value is -6.86. The van der Waals surface area contributed by atoms with Gasteiger partial charge in [0.25, 0.3) is 0 Å². The highest BCUT2D eigenvalue weighted by Gasteiger charge is 2.49. The van der Waals surface area contributed by atoms with Gasteiger partial charge in [0.05, 0.1) is 12.6 Å². The number of hydrogen-bond donors (Lipinski definition) is 5. The lowest BCUT2D eigenvalue weighted by Gasteiger charge is -2.41. The highest BCUT2D eigenvalue weighted by Crippen LogP contribution is 2.29. The average molecular weight is 1340 g/mol. The van der Waals surface area contributed by atoms with E-state index < -0.39 is 167 Å². The van der Waals surface area contributed by atoms with Gasteiger partial charge in [0.15, 0.2) is 0 Å². The zero-order valence-electron chi connectivity index (χ0n) is 61.5. The third kappa shape index (κ3) is 21.8. The van der Waals surface area contributed by atoms with Crippen molar-refractivity contribution >= 4 is 71.1 Å². The number of carbonyl (C=O) groups is 12. The predicted molar refractivity (Wildman–Crippen MR) is 362 cm³/mol. The number of likely N-dealkylation sites (N-methyl/N-ethyl adjacent to an activating group) is 6. The largest absolute Gasteiger partial charge is 0.444 e. The number of aliphatic hydroxyl groups is 1. The van der Waals surface area contributed by atoms with E-state index in [4.69, 9.17) is 4.74 Å². The number of allylic oxidation sites excluding steroid dienone is 2. The molecule has 0 aromatic heterocycles. The van der Waals surface area contributed by atoms with Gasteiger partial charge >= 0.3 is 6.09 Å². The smallest absolute Gasteiger partial charge is 0.410 e. The van der Waals surface area contributed by atoms with E-state index in [-0.39, 0.29) is 75.2 Å². The molecule has 3 heterocycles. The number of likely N-dealkylation sites (tertiary alicyclic amines) is 1. The van der Waals surface area contributed by atoms with E-state index in [9.17, 15) is 33.9 Å². The van der Waals surface area contributed by atoms with Gasteiger partial charge < -0.3 is 70.3 Å². The Kier molecular flexibility index (Phi) is 32.1. The predicted octanol–water partition coefficient (Wildman–Crippen LogP) is 4.01. The molecule has 1 unspecified atom stereocenters. The summed E-state index contributed by atoms with van der Waals surface area (Å²) >= 11 is 0. The maximum Gasteiger partial charge on any atom is 0.410 e. The van der Waals surface area contributed by atoms with Crippen molar-refractivity contribution < 1.29 is 67.4 Å². The molecule has 3 aliphatic rings. The minimum absolute atomic E-state index is 0.0633. The van der Waals surface area contributed by atoms with Gasteiger partial charge in [0, 0.05) is 61.8 Å². The molecule has 0 saturated carbocycles. The quantitative estimate of drug-likeness (QED) is 0.137. The summed E-state index contributed by atoms with van der Waals surface area (Å²) in [6, 6.07) is -14.3. The van der Waals surface area contributed by atoms with E-state index in [2.05, 4.69) is 21.3 Å². The molecule has 0 aromatic rings. The van der Waals surface area contributed by atoms with Gasteiger partial charge in [-0.2, -0.15) is 0 Å². The van der Waals surface area contributed by atoms with Crippen molar-refractivity contribution in [3.63, 3.8) is 0 Å². The van der Waals surface area contributed by atoms with Gasteiger partial charge in [0.2, 0.25) is 65.0 Å². The van der Waals surface area contributed by atoms with E-state index in [0.29, 0.717) is 13.1 Å². The number of fused-ring (bicyclic) bond motifs is 1. The Balaban J connectivity index is 2.40. The second-order valence-electron chi connectivity index (χ2n) is 29.3. The Morgan fingerprint density at radius 3 is 1.43 bits per heavy atom. The Labute approximate surface area is 566 Å². The van der Waals surface area contributed by atoms with Crippen LogP contribution in [-0.2, 0) is 57.5 Å². The molecule has 95 heavy (non-hydrogen) atoms. The van der Waals surface area contributed by atoms with Crippen LogP contribution in [0.3, 0.4) is 0 Å². The zero-order chi connectivity index (χ0) is 72.5. The minimum atomic E-state index is -1.69. The van der Waals surface area contributed by atoms with Crippen LogP contribution in [0.25, 0.3) is 0 Å². The van der Waals surface area contributed by atoms with E-state index in [1.807, 2.05) is 55.4 Å². The second-order valence-corrected chi connectivity index (χ2v) is 29.3. The second kappa shape index (κ2) is 37.0. The van der Waals surface area contributed by atoms with Crippen LogP contribution in [0, 0.1) is 41.4 Å². The number of rotatable bonds is 16. The van der Waals surface area contributed by atoms with Gasteiger partial charge in [-0.1, -0.05) is 109 Å². The van der Waals surface area contributed by atoms with Crippen LogP contribution in [0.2, 0.25) is 0 Å². The number of nitrogens with zero attached hydrogens (tertiary/aromatic N) is 8. The van der Waals surface area contributed by atoms with Gasteiger partial charge in [-0.15, -0.1) is 0 Å². The maximum absolute atomic E-state index is 15.4. The first-order chi connectivity index (χ1) is 44.2. The van der Waals surface area contributed by atoms with Crippen LogP contribution in [-0.4, -0.2) is 256 Å². The lowest BCUT2D eigenvalue weighted by atomic mass is 9.91. The Morgan fingerprint density at radius 1 is 0.516 bits per heavy atom. The molecule has 5 N–H and O–H groups in total. The molecule has 3 fully saturated rings. The van der Waals surface area contributed by atoms with Crippen molar-refractivity contribution in [3.05, 3.63) is 12.2 Å². The van der Waals surface area contributed by atoms with Crippen LogP contribution in [0.4, 0.5) is 4.79 Å². The van der Waals surface area contributed by atoms with Crippen LogP contribution in [0.15, 0.2) is 12.2 Å². The third-order valence-corrected chi connectivity index (χ3v) is 18.7. The van der Waals surface area contributed by atoms with Gasteiger partial charge in [-0.25, -0.2) is 4.79 Å². The molecule has 26 nitrogen and oxygen atoms in total. The monoisotopic (exact) mass is 1340 g/mol. The SMILES string of the molecule is C/C=C/C[C@@H](C)[C@@H](O)[C@H]1C(=O)N[C@@H](CC)C(=O)N2CC(OC(=O)N3CCCC3)C[C@@H]2C(=O)N(C)[C@@H](CC(C)C)C(=O)N[C@@H](C(C)C)C(=O)N(C)[C@@H](CC(C)C)C(=O)N[C@@H](C)C(=O)N[C@H](C)C(=O)N(C)[C@@H](CC(C)C)C(=O)N(C)[C@@H](CC(C)C)C(=O)N(C)[C@@H](C(C)C)C(=O)N1C. The topological polar surface area (TPSA) is 308 Å². The number of amides is 12. The molecule has 540 valence electrons. The van der Waals surface area contributed by atoms with Crippen molar-refractivity contribution in [3.8, 4) is 0 Å². The first kappa shape index (κ1) is 82.4. The average Bonchev–Trinajstić information content (AvgIpc) is 1.78. The normalized spacial score (nSPS) is 28.3. The first-order valence-electron chi connectivity index (χ1n) is 34.5. The molecule has 0 spiro atoms. The zero-order valence-corrected chi connectivity index (χ0v) is 61.5. The van der Waals surface area contributed by atoms with Crippen molar-refractivity contribution in [1.82, 2.24) is 60.5 Å². The molecule has 0 aromatic carbocycles. The van der Waals surface area contributed by atoms with Crippen LogP contribution in [0.1, 0.15) is 175 Å². The van der Waals surface area contributed by atoms with Crippen LogP contribution < -0.4 is 21.3 Å². The molecule has 26 heteroatoms. The van der Waals surface area contributed by atoms with E-state index >= 15 is 28.8 Å². The van der Waals surface area contributed by atoms with Crippen molar-refractivity contribution in [2.24, 2.45) is 41.4 Å². The summed E-state index contributed by atoms with van der Waals surface area (Å²) in [6.45, 7) is 30.4. The van der Waals surface area contributed by atoms with E-state index in [1.165, 1.54) is 85.5 Å². The first-order valence-corrected chi connectivity index (χ1v) is 34.5. The summed E-state index contributed by atoms with van der Waals surface area (Å²) < 4.78 is 6.02. The summed E-state index contributed by atoms with van der Waals surface area (Å²) in [7, 11) is 8.50. The molecule has 3 aliphatic heterocycles. The summed E-state index contributed by atoms with van der Waals surface area (Å²) in [6.07, 6.45) is 2.39. The van der Waals surface area contributed by atoms with Crippen LogP contribution >= 0.6 is 0 Å². The Morgan fingerprint density at radius 2 is 0.958 bits per heavy atom. The molecule has 0 aliphatic carbocycles. The number of nitrogens with one attached hydrogen (secondary N) is 4. The molecule has 0 radical (unpaired) electrons. The summed E-state index contributed by atoms with van der Waals surface area (Å²) in [5.74, 6) is -10.4. The fourth-order valence-electron chi connectivity index (χ4n) is 12.9. The van der Waals surface area contributed by atoms with E-state index in [0.717, 1.165) is 17.7 Å². The third-order valence-electron chi connectivity index (χ3n) is 18.7. The number of ether oxygens (including phenoxy) is 1. The number of hydrogen-bond acceptors (Lipinski definition) is 14. The van der Waals surface area contributed by atoms with Gasteiger partial charge in [-0.3, -0.25) is 52.7 Å². The number of carbonyl (C=O) groups excluding carboxylic acids is 12. The molecular formula is C69H120N12O14. The Bertz CT molecular complexity index is 2700. The lowest BCUT2D eigenvalue weighted by Crippen LogP contribution is -2.64. The van der Waals surface area contributed by atoms with Crippen LogP contribution in [0.5, 0.6) is 0 Å². The standard InChI is InChI=1S/C69H120N12O14/c1-24-26-29-44(15)57(82)56-61(86)72-48(25-2)63(88)81-37-47(95-69(94)80-30-27-28-31-80)36-53(81)66(91)74(18)50(33-39(5)6)60(85)73-54(42(11)12)67(92)75(19)49(32-38(3)4)59(84)70-45(16)58(83)71-46(17)62(87)76(20)51(34-40(7)8)64(89)77(21)52(35-41(9)10)65(90)78(22)55(43(13)14)68(93)79(56)23/h24,26,38-57,82H,25,27-37H2,1-23H3,(H,70,84)(H,71,83)(H,72,86)(H,73,85)/b26-24+/t44-,45+,46-,47?,48+,49+,50+,51+,52+,53-,54+,55+,56+,57-/m1/s1. The fraction of sp³-hybridized carbons (Fsp3) is 0.797. The minimum Gasteiger partial charge on any atom is -0.444 e. The molecule has 3 rings (SSSR count). The van der Waals surface area contributed by atoms with Crippen molar-refractivity contribution in [2.45, 2.75) is 254 Å². The summed E-state index contributed by atoms with van der Waals surface area (Å²) in [5.41, 5.74) is 0. The lowest BCUT2D eigenvalue weighted by molar-refractivity contribution is -0.157. The van der Waals surface area contributed by atoms with Crippen molar-refractivity contribution in [2.75, 3.05) is 61.9 Å². The van der Waals surface area contributed by atoms with Gasteiger partial charge in [-0.05, 0) is 114 Å². The molecule has 3 saturated heterocycles. The summed E-state index contributed by atoms with van der Waals surface area (Å²) in [4.78, 5) is 188. The number of aliphatic hydroxyl groups excluding tert-OH is 1. The molecule has 12 amide bonds. The van der Waals surface area contributed by atoms with Gasteiger partial charge in [0.1, 0.15) is 72.6 Å².